The van der Waals surface area contributed by atoms with Gasteiger partial charge in [-0.15, -0.1) is 22.7 Å². The smallest absolute Gasteiger partial charge is 0.248 e. The third-order valence-electron chi connectivity index (χ3n) is 6.57. The Kier molecular flexibility index (Phi) is 7.11. The van der Waals surface area contributed by atoms with Crippen LogP contribution in [0.3, 0.4) is 0 Å². The maximum Gasteiger partial charge on any atom is 0.248 e. The second-order valence-electron chi connectivity index (χ2n) is 8.90. The predicted octanol–water partition coefficient (Wildman–Crippen LogP) is 6.05. The van der Waals surface area contributed by atoms with Crippen molar-refractivity contribution in [3.05, 3.63) is 80.8 Å². The molecule has 3 heterocycles. The number of nitrogens with zero attached hydrogens (tertiary/aromatic N) is 1. The van der Waals surface area contributed by atoms with Crippen molar-refractivity contribution >= 4 is 45.4 Å². The average molecular weight is 492 g/mol. The van der Waals surface area contributed by atoms with Gasteiger partial charge in [-0.25, -0.2) is 0 Å². The lowest BCUT2D eigenvalue weighted by molar-refractivity contribution is -0.141. The van der Waals surface area contributed by atoms with Crippen LogP contribution in [0.2, 0.25) is 0 Å². The number of hydrogen-bond acceptors (Lipinski definition) is 4. The molecule has 1 saturated carbocycles. The number of benzene rings is 1. The molecule has 1 unspecified atom stereocenters. The van der Waals surface area contributed by atoms with E-state index in [1.165, 1.54) is 17.8 Å². The molecule has 1 aromatic carbocycles. The van der Waals surface area contributed by atoms with Crippen LogP contribution in [0.4, 0.5) is 0 Å². The summed E-state index contributed by atoms with van der Waals surface area (Å²) in [6.45, 7) is 0.416. The van der Waals surface area contributed by atoms with Gasteiger partial charge in [-0.05, 0) is 47.4 Å². The highest BCUT2D eigenvalue weighted by Crippen LogP contribution is 2.30. The van der Waals surface area contributed by atoms with Gasteiger partial charge in [-0.2, -0.15) is 0 Å². The number of aromatic amines is 1. The molecule has 5 rings (SSSR count). The number of H-pyrrole nitrogens is 1. The lowest BCUT2D eigenvalue weighted by atomic mass is 9.95. The van der Waals surface area contributed by atoms with Crippen LogP contribution in [-0.4, -0.2) is 27.7 Å². The highest BCUT2D eigenvalue weighted by atomic mass is 32.1. The molecule has 5 nitrogen and oxygen atoms in total. The number of aromatic nitrogens is 1. The van der Waals surface area contributed by atoms with E-state index in [-0.39, 0.29) is 24.3 Å². The maximum absolute atomic E-state index is 13.9. The molecule has 1 fully saturated rings. The largest absolute Gasteiger partial charge is 0.361 e. The van der Waals surface area contributed by atoms with Crippen LogP contribution in [-0.2, 0) is 22.6 Å². The molecule has 0 spiro atoms. The Morgan fingerprint density at radius 3 is 2.56 bits per heavy atom. The van der Waals surface area contributed by atoms with E-state index in [9.17, 15) is 9.59 Å². The van der Waals surface area contributed by atoms with Crippen molar-refractivity contribution in [2.45, 2.75) is 57.2 Å². The molecule has 2 amide bonds. The molecule has 34 heavy (non-hydrogen) atoms. The summed E-state index contributed by atoms with van der Waals surface area (Å²) in [5.74, 6) is -0.117. The topological polar surface area (TPSA) is 65.2 Å². The highest BCUT2D eigenvalue weighted by molar-refractivity contribution is 7.10. The van der Waals surface area contributed by atoms with Gasteiger partial charge in [-0.1, -0.05) is 49.6 Å². The van der Waals surface area contributed by atoms with E-state index in [0.29, 0.717) is 6.54 Å². The van der Waals surface area contributed by atoms with Crippen molar-refractivity contribution in [1.82, 2.24) is 15.2 Å². The first-order valence-corrected chi connectivity index (χ1v) is 13.7. The van der Waals surface area contributed by atoms with Crippen LogP contribution >= 0.6 is 22.7 Å². The molecular weight excluding hydrogens is 462 g/mol. The van der Waals surface area contributed by atoms with Gasteiger partial charge in [0.25, 0.3) is 0 Å². The number of carbonyl (C=O) groups is 2. The Bertz CT molecular complexity index is 1220. The highest BCUT2D eigenvalue weighted by Gasteiger charge is 2.34. The van der Waals surface area contributed by atoms with Gasteiger partial charge >= 0.3 is 0 Å². The van der Waals surface area contributed by atoms with Crippen molar-refractivity contribution in [2.24, 2.45) is 0 Å². The summed E-state index contributed by atoms with van der Waals surface area (Å²) >= 11 is 3.15. The van der Waals surface area contributed by atoms with Crippen molar-refractivity contribution < 1.29 is 9.59 Å². The first-order valence-electron chi connectivity index (χ1n) is 11.9. The molecule has 0 saturated heterocycles. The van der Waals surface area contributed by atoms with Crippen molar-refractivity contribution in [3.63, 3.8) is 0 Å². The van der Waals surface area contributed by atoms with Gasteiger partial charge in [0, 0.05) is 32.9 Å². The number of para-hydroxylation sites is 1. The third-order valence-corrected chi connectivity index (χ3v) is 8.35. The predicted molar refractivity (Wildman–Crippen MR) is 139 cm³/mol. The molecule has 1 aliphatic rings. The zero-order valence-corrected chi connectivity index (χ0v) is 20.7. The van der Waals surface area contributed by atoms with Gasteiger partial charge in [0.15, 0.2) is 0 Å². The Balaban J connectivity index is 1.46. The molecule has 0 aliphatic heterocycles. The number of thiophene rings is 2. The van der Waals surface area contributed by atoms with Crippen LogP contribution in [0.25, 0.3) is 10.9 Å². The molecule has 1 atom stereocenters. The summed E-state index contributed by atoms with van der Waals surface area (Å²) in [7, 11) is 0. The van der Waals surface area contributed by atoms with Crippen LogP contribution in [0.1, 0.15) is 53.5 Å². The van der Waals surface area contributed by atoms with Gasteiger partial charge in [0.05, 0.1) is 13.0 Å². The van der Waals surface area contributed by atoms with Gasteiger partial charge in [0.2, 0.25) is 11.8 Å². The zero-order chi connectivity index (χ0) is 23.3. The number of nitrogens with one attached hydrogen (secondary N) is 2. The molecule has 0 bridgehead atoms. The fourth-order valence-corrected chi connectivity index (χ4v) is 6.37. The SMILES string of the molecule is O=C(NC1CCCCC1)C(c1cccs1)N(Cc1cccs1)C(=O)Cc1c[nH]c2ccccc12. The molecule has 1 aliphatic carbocycles. The first-order chi connectivity index (χ1) is 16.7. The van der Waals surface area contributed by atoms with Gasteiger partial charge < -0.3 is 15.2 Å². The Hall–Kier alpha value is -2.90. The van der Waals surface area contributed by atoms with Crippen molar-refractivity contribution in [1.29, 1.82) is 0 Å². The summed E-state index contributed by atoms with van der Waals surface area (Å²) in [4.78, 5) is 34.6. The quantitative estimate of drug-likeness (QED) is 0.315. The maximum atomic E-state index is 13.9. The molecular formula is C27H29N3O2S2. The van der Waals surface area contributed by atoms with Crippen LogP contribution in [0.15, 0.2) is 65.5 Å². The number of fused-ring (bicyclic) bond motifs is 1. The fraction of sp³-hybridized carbons (Fsp3) is 0.333. The van der Waals surface area contributed by atoms with Crippen LogP contribution in [0, 0.1) is 0 Å². The van der Waals surface area contributed by atoms with E-state index >= 15 is 0 Å². The Labute approximate surface area is 207 Å². The number of hydrogen-bond donors (Lipinski definition) is 2. The summed E-state index contributed by atoms with van der Waals surface area (Å²) < 4.78 is 0. The summed E-state index contributed by atoms with van der Waals surface area (Å²) in [5, 5.41) is 8.32. The second kappa shape index (κ2) is 10.6. The minimum atomic E-state index is -0.637. The lowest BCUT2D eigenvalue weighted by Crippen LogP contribution is -2.46. The minimum Gasteiger partial charge on any atom is -0.361 e. The molecule has 0 radical (unpaired) electrons. The first kappa shape index (κ1) is 22.9. The lowest BCUT2D eigenvalue weighted by Gasteiger charge is -2.32. The standard InChI is InChI=1S/C27H29N3O2S2/c31-25(16-19-17-28-23-12-5-4-11-22(19)23)30(18-21-10-6-14-33-21)26(24-13-7-15-34-24)27(32)29-20-8-2-1-3-9-20/h4-7,10-15,17,20,26,28H,1-3,8-9,16,18H2,(H,29,32). The molecule has 3 aromatic heterocycles. The van der Waals surface area contributed by atoms with E-state index < -0.39 is 6.04 Å². The van der Waals surface area contributed by atoms with Crippen molar-refractivity contribution in [2.75, 3.05) is 0 Å². The molecule has 176 valence electrons. The normalized spacial score (nSPS) is 15.3. The van der Waals surface area contributed by atoms with E-state index in [1.807, 2.05) is 65.5 Å². The van der Waals surface area contributed by atoms with Gasteiger partial charge in [0.1, 0.15) is 6.04 Å². The van der Waals surface area contributed by atoms with E-state index in [2.05, 4.69) is 10.3 Å². The zero-order valence-electron chi connectivity index (χ0n) is 19.0. The summed E-state index contributed by atoms with van der Waals surface area (Å²) in [5.41, 5.74) is 1.97. The average Bonchev–Trinajstić information content (AvgIpc) is 3.63. The molecule has 4 aromatic rings. The Morgan fingerprint density at radius 1 is 1.00 bits per heavy atom. The van der Waals surface area contributed by atoms with Crippen molar-refractivity contribution in [3.8, 4) is 0 Å². The van der Waals surface area contributed by atoms with Gasteiger partial charge in [-0.3, -0.25) is 9.59 Å². The number of amides is 2. The number of carbonyl (C=O) groups excluding carboxylic acids is 2. The minimum absolute atomic E-state index is 0.0460. The second-order valence-corrected chi connectivity index (χ2v) is 10.9. The third kappa shape index (κ3) is 5.10. The molecule has 7 heteroatoms. The monoisotopic (exact) mass is 491 g/mol. The Morgan fingerprint density at radius 2 is 1.79 bits per heavy atom. The summed E-state index contributed by atoms with van der Waals surface area (Å²) in [6.07, 6.45) is 7.70. The van der Waals surface area contributed by atoms with E-state index in [0.717, 1.165) is 51.9 Å². The summed E-state index contributed by atoms with van der Waals surface area (Å²) in [6, 6.07) is 15.5. The van der Waals surface area contributed by atoms with Crippen LogP contribution < -0.4 is 5.32 Å². The van der Waals surface area contributed by atoms with E-state index in [1.54, 1.807) is 16.2 Å². The molecule has 2 N–H and O–H groups in total. The van der Waals surface area contributed by atoms with E-state index in [4.69, 9.17) is 0 Å². The fourth-order valence-electron chi connectivity index (χ4n) is 4.83. The number of rotatable bonds is 8. The van der Waals surface area contributed by atoms with Crippen LogP contribution in [0.5, 0.6) is 0 Å².